The summed E-state index contributed by atoms with van der Waals surface area (Å²) in [6.45, 7) is 0. The van der Waals surface area contributed by atoms with Crippen LogP contribution < -0.4 is 0 Å². The first kappa shape index (κ1) is 13.6. The number of hydrogen-bond acceptors (Lipinski definition) is 3. The van der Waals surface area contributed by atoms with Crippen LogP contribution in [0.1, 0.15) is 0 Å². The van der Waals surface area contributed by atoms with Crippen molar-refractivity contribution in [1.82, 2.24) is 10.1 Å². The fraction of sp³-hybridized carbons (Fsp3) is 0. The standard InChI is InChI=1S/C14H7BrCl2N2O/c15-9-3-6-12(17)11(7-9)14-18-13(19-20-14)8-1-4-10(16)5-2-8/h1-7H. The summed E-state index contributed by atoms with van der Waals surface area (Å²) in [5, 5.41) is 5.17. The van der Waals surface area contributed by atoms with Gasteiger partial charge in [0, 0.05) is 15.1 Å². The van der Waals surface area contributed by atoms with Crippen LogP contribution in [0, 0.1) is 0 Å². The maximum atomic E-state index is 6.14. The van der Waals surface area contributed by atoms with E-state index in [-0.39, 0.29) is 0 Å². The molecule has 0 saturated carbocycles. The quantitative estimate of drug-likeness (QED) is 0.600. The highest BCUT2D eigenvalue weighted by molar-refractivity contribution is 9.10. The molecular formula is C14H7BrCl2N2O. The Morgan fingerprint density at radius 3 is 2.50 bits per heavy atom. The number of benzene rings is 2. The van der Waals surface area contributed by atoms with E-state index in [4.69, 9.17) is 27.7 Å². The zero-order valence-electron chi connectivity index (χ0n) is 9.98. The highest BCUT2D eigenvalue weighted by atomic mass is 79.9. The van der Waals surface area contributed by atoms with E-state index in [1.807, 2.05) is 24.3 Å². The van der Waals surface area contributed by atoms with E-state index in [2.05, 4.69) is 26.1 Å². The highest BCUT2D eigenvalue weighted by Gasteiger charge is 2.13. The summed E-state index contributed by atoms with van der Waals surface area (Å²) in [5.74, 6) is 0.869. The molecule has 0 radical (unpaired) electrons. The topological polar surface area (TPSA) is 38.9 Å². The molecule has 3 aromatic rings. The normalized spacial score (nSPS) is 10.8. The SMILES string of the molecule is Clc1ccc(-c2noc(-c3cc(Br)ccc3Cl)n2)cc1. The van der Waals surface area contributed by atoms with Gasteiger partial charge in [0.25, 0.3) is 5.89 Å². The second kappa shape index (κ2) is 5.56. The molecule has 1 aromatic heterocycles. The van der Waals surface area contributed by atoms with Crippen LogP contribution in [0.2, 0.25) is 10.0 Å². The maximum Gasteiger partial charge on any atom is 0.259 e. The molecule has 0 bridgehead atoms. The Hall–Kier alpha value is -1.36. The summed E-state index contributed by atoms with van der Waals surface area (Å²) >= 11 is 15.4. The minimum Gasteiger partial charge on any atom is -0.334 e. The van der Waals surface area contributed by atoms with Crippen LogP contribution in [0.4, 0.5) is 0 Å². The number of nitrogens with zero attached hydrogens (tertiary/aromatic N) is 2. The lowest BCUT2D eigenvalue weighted by atomic mass is 10.2. The Balaban J connectivity index is 2.01. The Morgan fingerprint density at radius 1 is 1.00 bits per heavy atom. The number of halogens is 3. The van der Waals surface area contributed by atoms with E-state index in [0.717, 1.165) is 10.0 Å². The van der Waals surface area contributed by atoms with Gasteiger partial charge in [-0.1, -0.05) is 44.3 Å². The van der Waals surface area contributed by atoms with Crippen molar-refractivity contribution in [2.24, 2.45) is 0 Å². The Labute approximate surface area is 133 Å². The van der Waals surface area contributed by atoms with Gasteiger partial charge in [-0.25, -0.2) is 0 Å². The van der Waals surface area contributed by atoms with Crippen LogP contribution in [-0.4, -0.2) is 10.1 Å². The average Bonchev–Trinajstić information content (AvgIpc) is 2.92. The van der Waals surface area contributed by atoms with Crippen molar-refractivity contribution in [2.45, 2.75) is 0 Å². The molecule has 0 aliphatic carbocycles. The molecule has 0 saturated heterocycles. The average molecular weight is 370 g/mol. The van der Waals surface area contributed by atoms with E-state index in [1.54, 1.807) is 18.2 Å². The molecule has 0 aliphatic heterocycles. The van der Waals surface area contributed by atoms with E-state index < -0.39 is 0 Å². The van der Waals surface area contributed by atoms with Crippen LogP contribution in [0.5, 0.6) is 0 Å². The minimum absolute atomic E-state index is 0.376. The number of rotatable bonds is 2. The fourth-order valence-electron chi connectivity index (χ4n) is 1.71. The lowest BCUT2D eigenvalue weighted by Gasteiger charge is -1.98. The van der Waals surface area contributed by atoms with E-state index in [1.165, 1.54) is 0 Å². The Morgan fingerprint density at radius 2 is 1.75 bits per heavy atom. The first-order chi connectivity index (χ1) is 9.63. The van der Waals surface area contributed by atoms with Crippen LogP contribution in [0.3, 0.4) is 0 Å². The summed E-state index contributed by atoms with van der Waals surface area (Å²) < 4.78 is 6.16. The first-order valence-corrected chi connectivity index (χ1v) is 7.23. The molecule has 1 heterocycles. The van der Waals surface area contributed by atoms with Crippen LogP contribution >= 0.6 is 39.1 Å². The largest absolute Gasteiger partial charge is 0.334 e. The molecule has 6 heteroatoms. The van der Waals surface area contributed by atoms with Crippen molar-refractivity contribution < 1.29 is 4.52 Å². The van der Waals surface area contributed by atoms with E-state index in [0.29, 0.717) is 27.3 Å². The third-order valence-corrected chi connectivity index (χ3v) is 3.76. The van der Waals surface area contributed by atoms with Gasteiger partial charge < -0.3 is 4.52 Å². The van der Waals surface area contributed by atoms with Gasteiger partial charge in [0.1, 0.15) is 0 Å². The van der Waals surface area contributed by atoms with Crippen molar-refractivity contribution >= 4 is 39.1 Å². The maximum absolute atomic E-state index is 6.14. The van der Waals surface area contributed by atoms with Gasteiger partial charge in [-0.05, 0) is 42.5 Å². The lowest BCUT2D eigenvalue weighted by molar-refractivity contribution is 0.432. The van der Waals surface area contributed by atoms with Gasteiger partial charge >= 0.3 is 0 Å². The molecular weight excluding hydrogens is 363 g/mol. The molecule has 0 atom stereocenters. The van der Waals surface area contributed by atoms with Crippen molar-refractivity contribution in [3.63, 3.8) is 0 Å². The fourth-order valence-corrected chi connectivity index (χ4v) is 2.40. The second-order valence-electron chi connectivity index (χ2n) is 4.05. The molecule has 0 aliphatic rings. The molecule has 0 unspecified atom stereocenters. The van der Waals surface area contributed by atoms with Crippen molar-refractivity contribution in [2.75, 3.05) is 0 Å². The molecule has 3 nitrogen and oxygen atoms in total. The summed E-state index contributed by atoms with van der Waals surface area (Å²) in [5.41, 5.74) is 1.52. The van der Waals surface area contributed by atoms with Crippen LogP contribution in [0.25, 0.3) is 22.8 Å². The predicted molar refractivity (Wildman–Crippen MR) is 82.9 cm³/mol. The number of aromatic nitrogens is 2. The van der Waals surface area contributed by atoms with Gasteiger partial charge in [-0.2, -0.15) is 4.98 Å². The van der Waals surface area contributed by atoms with Crippen LogP contribution in [-0.2, 0) is 0 Å². The molecule has 100 valence electrons. The molecule has 3 rings (SSSR count). The summed E-state index contributed by atoms with van der Waals surface area (Å²) in [6, 6.07) is 12.7. The Kier molecular flexibility index (Phi) is 3.78. The van der Waals surface area contributed by atoms with Crippen molar-refractivity contribution in [3.05, 3.63) is 57.0 Å². The van der Waals surface area contributed by atoms with Gasteiger partial charge in [0.05, 0.1) is 10.6 Å². The van der Waals surface area contributed by atoms with E-state index >= 15 is 0 Å². The Bertz CT molecular complexity index is 756. The number of hydrogen-bond donors (Lipinski definition) is 0. The third kappa shape index (κ3) is 2.73. The minimum atomic E-state index is 0.376. The molecule has 0 amide bonds. The molecule has 0 N–H and O–H groups in total. The zero-order chi connectivity index (χ0) is 14.1. The highest BCUT2D eigenvalue weighted by Crippen LogP contribution is 2.31. The van der Waals surface area contributed by atoms with E-state index in [9.17, 15) is 0 Å². The summed E-state index contributed by atoms with van der Waals surface area (Å²) in [4.78, 5) is 4.36. The van der Waals surface area contributed by atoms with Gasteiger partial charge in [0.15, 0.2) is 0 Å². The predicted octanol–water partition coefficient (Wildman–Crippen LogP) is 5.47. The zero-order valence-corrected chi connectivity index (χ0v) is 13.1. The second-order valence-corrected chi connectivity index (χ2v) is 5.81. The third-order valence-electron chi connectivity index (χ3n) is 2.69. The first-order valence-electron chi connectivity index (χ1n) is 5.68. The summed E-state index contributed by atoms with van der Waals surface area (Å²) in [7, 11) is 0. The smallest absolute Gasteiger partial charge is 0.259 e. The molecule has 0 fully saturated rings. The van der Waals surface area contributed by atoms with Crippen LogP contribution in [0.15, 0.2) is 51.5 Å². The lowest BCUT2D eigenvalue weighted by Crippen LogP contribution is -1.82. The van der Waals surface area contributed by atoms with Gasteiger partial charge in [-0.3, -0.25) is 0 Å². The van der Waals surface area contributed by atoms with Crippen molar-refractivity contribution in [3.8, 4) is 22.8 Å². The molecule has 0 spiro atoms. The molecule has 20 heavy (non-hydrogen) atoms. The van der Waals surface area contributed by atoms with Crippen molar-refractivity contribution in [1.29, 1.82) is 0 Å². The van der Waals surface area contributed by atoms with Gasteiger partial charge in [-0.15, -0.1) is 0 Å². The van der Waals surface area contributed by atoms with Gasteiger partial charge in [0.2, 0.25) is 5.82 Å². The summed E-state index contributed by atoms with van der Waals surface area (Å²) in [6.07, 6.45) is 0. The molecule has 2 aromatic carbocycles. The monoisotopic (exact) mass is 368 g/mol.